The van der Waals surface area contributed by atoms with Crippen LogP contribution in [0.5, 0.6) is 0 Å². The van der Waals surface area contributed by atoms with Crippen molar-refractivity contribution < 1.29 is 0 Å². The van der Waals surface area contributed by atoms with E-state index < -0.39 is 0 Å². The van der Waals surface area contributed by atoms with Crippen LogP contribution in [0.4, 0.5) is 0 Å². The Morgan fingerprint density at radius 3 is 2.71 bits per heavy atom. The first-order chi connectivity index (χ1) is 3.47. The van der Waals surface area contributed by atoms with Gasteiger partial charge < -0.3 is 0 Å². The minimum atomic E-state index is 0.764. The zero-order valence-electron chi connectivity index (χ0n) is 4.30. The molecule has 0 aromatic rings. The standard InChI is InChI=1S/C6H9N/c1-2-5-4-7-6(5)3-1/h4-6H,1-3H2. The van der Waals surface area contributed by atoms with E-state index in [2.05, 4.69) is 11.2 Å². The van der Waals surface area contributed by atoms with Gasteiger partial charge in [0.05, 0.1) is 6.04 Å². The lowest BCUT2D eigenvalue weighted by atomic mass is 10.0. The molecule has 1 heterocycles. The second kappa shape index (κ2) is 1.09. The maximum Gasteiger partial charge on any atom is 0.0573 e. The quantitative estimate of drug-likeness (QED) is 0.429. The molecule has 1 aliphatic carbocycles. The molecule has 1 aliphatic heterocycles. The number of hydrogen-bond acceptors (Lipinski definition) is 1. The first-order valence-corrected chi connectivity index (χ1v) is 3.00. The summed E-state index contributed by atoms with van der Waals surface area (Å²) in [5.74, 6) is 0.903. The topological polar surface area (TPSA) is 12.4 Å². The van der Waals surface area contributed by atoms with Crippen molar-refractivity contribution in [3.8, 4) is 0 Å². The summed E-state index contributed by atoms with van der Waals surface area (Å²) in [7, 11) is 0. The first kappa shape index (κ1) is 3.65. The predicted octanol–water partition coefficient (Wildman–Crippen LogP) is 1.24. The van der Waals surface area contributed by atoms with E-state index in [1.165, 1.54) is 19.3 Å². The number of rotatable bonds is 0. The minimum Gasteiger partial charge on any atom is -0.293 e. The Labute approximate surface area is 43.4 Å². The van der Waals surface area contributed by atoms with Gasteiger partial charge in [0.15, 0.2) is 0 Å². The smallest absolute Gasteiger partial charge is 0.0573 e. The molecule has 0 bridgehead atoms. The number of aliphatic imine (C=N–C) groups is 1. The summed E-state index contributed by atoms with van der Waals surface area (Å²) >= 11 is 0. The van der Waals surface area contributed by atoms with E-state index in [1.54, 1.807) is 0 Å². The van der Waals surface area contributed by atoms with Crippen molar-refractivity contribution in [1.82, 2.24) is 0 Å². The highest BCUT2D eigenvalue weighted by atomic mass is 14.9. The molecule has 0 aromatic heterocycles. The van der Waals surface area contributed by atoms with Crippen LogP contribution in [0.3, 0.4) is 0 Å². The molecular formula is C6H9N. The molecule has 0 spiro atoms. The van der Waals surface area contributed by atoms with Crippen molar-refractivity contribution in [1.29, 1.82) is 0 Å². The lowest BCUT2D eigenvalue weighted by Crippen LogP contribution is -2.22. The molecule has 1 heteroatoms. The van der Waals surface area contributed by atoms with Crippen LogP contribution >= 0.6 is 0 Å². The highest BCUT2D eigenvalue weighted by Crippen LogP contribution is 2.32. The van der Waals surface area contributed by atoms with Gasteiger partial charge in [-0.2, -0.15) is 0 Å². The maximum atomic E-state index is 4.21. The molecule has 2 unspecified atom stereocenters. The van der Waals surface area contributed by atoms with Gasteiger partial charge in [-0.05, 0) is 12.8 Å². The van der Waals surface area contributed by atoms with Crippen molar-refractivity contribution in [2.75, 3.05) is 0 Å². The lowest BCUT2D eigenvalue weighted by Gasteiger charge is -2.18. The average molecular weight is 95.1 g/mol. The van der Waals surface area contributed by atoms with E-state index in [0.717, 1.165) is 12.0 Å². The lowest BCUT2D eigenvalue weighted by molar-refractivity contribution is 0.569. The number of hydrogen-bond donors (Lipinski definition) is 0. The molecule has 0 N–H and O–H groups in total. The molecule has 2 aliphatic rings. The minimum absolute atomic E-state index is 0.764. The Morgan fingerprint density at radius 1 is 1.43 bits per heavy atom. The summed E-state index contributed by atoms with van der Waals surface area (Å²) in [5.41, 5.74) is 0. The summed E-state index contributed by atoms with van der Waals surface area (Å²) in [5, 5.41) is 0. The normalized spacial score (nSPS) is 45.7. The summed E-state index contributed by atoms with van der Waals surface area (Å²) in [6.45, 7) is 0. The van der Waals surface area contributed by atoms with Gasteiger partial charge in [-0.3, -0.25) is 4.99 Å². The van der Waals surface area contributed by atoms with E-state index in [1.807, 2.05) is 0 Å². The van der Waals surface area contributed by atoms with E-state index >= 15 is 0 Å². The molecular weight excluding hydrogens is 86.1 g/mol. The predicted molar refractivity (Wildman–Crippen MR) is 29.6 cm³/mol. The van der Waals surface area contributed by atoms with Crippen LogP contribution in [0.1, 0.15) is 19.3 Å². The molecule has 1 nitrogen and oxygen atoms in total. The van der Waals surface area contributed by atoms with Crippen molar-refractivity contribution in [3.05, 3.63) is 0 Å². The number of fused-ring (bicyclic) bond motifs is 1. The zero-order chi connectivity index (χ0) is 4.69. The van der Waals surface area contributed by atoms with Crippen LogP contribution in [0, 0.1) is 5.92 Å². The summed E-state index contributed by atoms with van der Waals surface area (Å²) < 4.78 is 0. The highest BCUT2D eigenvalue weighted by molar-refractivity contribution is 5.68. The largest absolute Gasteiger partial charge is 0.293 e. The van der Waals surface area contributed by atoms with Crippen LogP contribution in [0.25, 0.3) is 0 Å². The highest BCUT2D eigenvalue weighted by Gasteiger charge is 2.30. The molecule has 38 valence electrons. The summed E-state index contributed by atoms with van der Waals surface area (Å²) in [6, 6.07) is 0.764. The van der Waals surface area contributed by atoms with Crippen molar-refractivity contribution in [2.45, 2.75) is 25.3 Å². The first-order valence-electron chi connectivity index (χ1n) is 3.00. The second-order valence-electron chi connectivity index (χ2n) is 2.46. The Hall–Kier alpha value is -0.330. The molecule has 2 atom stereocenters. The second-order valence-corrected chi connectivity index (χ2v) is 2.46. The van der Waals surface area contributed by atoms with Gasteiger partial charge >= 0.3 is 0 Å². The summed E-state index contributed by atoms with van der Waals surface area (Å²) in [4.78, 5) is 4.21. The van der Waals surface area contributed by atoms with Gasteiger partial charge in [-0.1, -0.05) is 6.42 Å². The third kappa shape index (κ3) is 0.355. The van der Waals surface area contributed by atoms with Gasteiger partial charge in [-0.15, -0.1) is 0 Å². The van der Waals surface area contributed by atoms with Gasteiger partial charge in [-0.25, -0.2) is 0 Å². The Morgan fingerprint density at radius 2 is 2.43 bits per heavy atom. The van der Waals surface area contributed by atoms with E-state index in [9.17, 15) is 0 Å². The molecule has 0 amide bonds. The molecule has 0 radical (unpaired) electrons. The average Bonchev–Trinajstić information content (AvgIpc) is 1.85. The fourth-order valence-electron chi connectivity index (χ4n) is 1.45. The Balaban J connectivity index is 2.17. The van der Waals surface area contributed by atoms with Gasteiger partial charge in [0.25, 0.3) is 0 Å². The van der Waals surface area contributed by atoms with Crippen LogP contribution in [0.2, 0.25) is 0 Å². The van der Waals surface area contributed by atoms with E-state index in [-0.39, 0.29) is 0 Å². The Bertz CT molecular complexity index is 94.7. The van der Waals surface area contributed by atoms with Crippen molar-refractivity contribution >= 4 is 6.21 Å². The fraction of sp³-hybridized carbons (Fsp3) is 0.833. The Kier molecular flexibility index (Phi) is 0.566. The SMILES string of the molecule is C1=NC2CCCC12. The molecule has 1 saturated carbocycles. The van der Waals surface area contributed by atoms with Crippen LogP contribution < -0.4 is 0 Å². The molecule has 1 fully saturated rings. The number of nitrogens with zero attached hydrogens (tertiary/aromatic N) is 1. The van der Waals surface area contributed by atoms with Gasteiger partial charge in [0, 0.05) is 12.1 Å². The molecule has 2 rings (SSSR count). The van der Waals surface area contributed by atoms with E-state index in [0.29, 0.717) is 0 Å². The molecule has 7 heavy (non-hydrogen) atoms. The third-order valence-electron chi connectivity index (χ3n) is 2.00. The van der Waals surface area contributed by atoms with E-state index in [4.69, 9.17) is 0 Å². The fourth-order valence-corrected chi connectivity index (χ4v) is 1.45. The molecule has 0 aromatic carbocycles. The van der Waals surface area contributed by atoms with Crippen LogP contribution in [0.15, 0.2) is 4.99 Å². The van der Waals surface area contributed by atoms with Crippen LogP contribution in [-0.2, 0) is 0 Å². The summed E-state index contributed by atoms with van der Waals surface area (Å²) in [6.07, 6.45) is 6.29. The third-order valence-corrected chi connectivity index (χ3v) is 2.00. The zero-order valence-corrected chi connectivity index (χ0v) is 4.30. The van der Waals surface area contributed by atoms with Gasteiger partial charge in [0.1, 0.15) is 0 Å². The monoisotopic (exact) mass is 95.1 g/mol. The molecule has 0 saturated heterocycles. The van der Waals surface area contributed by atoms with Crippen LogP contribution in [-0.4, -0.2) is 12.3 Å². The maximum absolute atomic E-state index is 4.21. The van der Waals surface area contributed by atoms with Crippen molar-refractivity contribution in [3.63, 3.8) is 0 Å². The van der Waals surface area contributed by atoms with Gasteiger partial charge in [0.2, 0.25) is 0 Å². The van der Waals surface area contributed by atoms with Crippen molar-refractivity contribution in [2.24, 2.45) is 10.9 Å².